The van der Waals surface area contributed by atoms with E-state index in [0.717, 1.165) is 22.2 Å². The van der Waals surface area contributed by atoms with Crippen LogP contribution in [0.3, 0.4) is 0 Å². The average molecular weight is 344 g/mol. The minimum absolute atomic E-state index is 0.000275. The Kier molecular flexibility index (Phi) is 4.53. The Labute approximate surface area is 145 Å². The van der Waals surface area contributed by atoms with E-state index in [9.17, 15) is 4.79 Å². The van der Waals surface area contributed by atoms with Gasteiger partial charge in [-0.05, 0) is 48.2 Å². The number of hydrogen-bond donors (Lipinski definition) is 0. The van der Waals surface area contributed by atoms with Crippen molar-refractivity contribution in [2.24, 2.45) is 0 Å². The number of esters is 1. The number of carbonyl (C=O) groups is 1. The van der Waals surface area contributed by atoms with E-state index in [4.69, 9.17) is 16.3 Å². The maximum Gasteiger partial charge on any atom is 0.333 e. The highest BCUT2D eigenvalue weighted by molar-refractivity contribution is 6.31. The molecule has 0 aliphatic heterocycles. The molecule has 0 saturated heterocycles. The molecule has 0 N–H and O–H groups in total. The summed E-state index contributed by atoms with van der Waals surface area (Å²) in [4.78, 5) is 12.4. The topological polar surface area (TPSA) is 57.0 Å². The predicted octanol–water partition coefficient (Wildman–Crippen LogP) is 4.12. The molecule has 1 aromatic heterocycles. The number of hydrogen-bond acceptors (Lipinski definition) is 4. The first-order chi connectivity index (χ1) is 11.5. The SMILES string of the molecule is Cc1cc(OC(=O)Cn2nnc3ccccc32)c(C(C)C)cc1Cl. The van der Waals surface area contributed by atoms with Crippen molar-refractivity contribution in [1.29, 1.82) is 0 Å². The maximum absolute atomic E-state index is 12.4. The summed E-state index contributed by atoms with van der Waals surface area (Å²) in [6.07, 6.45) is 0. The molecular weight excluding hydrogens is 326 g/mol. The van der Waals surface area contributed by atoms with Crippen LogP contribution in [0.5, 0.6) is 5.75 Å². The van der Waals surface area contributed by atoms with Crippen LogP contribution in [0.25, 0.3) is 11.0 Å². The van der Waals surface area contributed by atoms with Gasteiger partial charge in [-0.1, -0.05) is 42.8 Å². The highest BCUT2D eigenvalue weighted by Gasteiger charge is 2.16. The summed E-state index contributed by atoms with van der Waals surface area (Å²) in [5.41, 5.74) is 3.32. The van der Waals surface area contributed by atoms with E-state index in [1.54, 1.807) is 6.07 Å². The number of carbonyl (C=O) groups excluding carboxylic acids is 1. The Morgan fingerprint density at radius 2 is 2.04 bits per heavy atom. The van der Waals surface area contributed by atoms with E-state index in [1.165, 1.54) is 4.68 Å². The molecule has 0 fully saturated rings. The van der Waals surface area contributed by atoms with E-state index in [-0.39, 0.29) is 12.5 Å². The number of aryl methyl sites for hydroxylation is 1. The van der Waals surface area contributed by atoms with Crippen molar-refractivity contribution in [2.45, 2.75) is 33.2 Å². The molecule has 6 heteroatoms. The van der Waals surface area contributed by atoms with Crippen LogP contribution in [0.2, 0.25) is 5.02 Å². The monoisotopic (exact) mass is 343 g/mol. The molecule has 0 atom stereocenters. The van der Waals surface area contributed by atoms with Crippen molar-refractivity contribution in [2.75, 3.05) is 0 Å². The minimum atomic E-state index is -0.394. The van der Waals surface area contributed by atoms with Crippen molar-refractivity contribution >= 4 is 28.6 Å². The van der Waals surface area contributed by atoms with E-state index in [1.807, 2.05) is 51.1 Å². The number of ether oxygens (including phenoxy) is 1. The molecule has 3 rings (SSSR count). The Morgan fingerprint density at radius 3 is 2.79 bits per heavy atom. The van der Waals surface area contributed by atoms with E-state index < -0.39 is 5.97 Å². The second-order valence-corrected chi connectivity index (χ2v) is 6.41. The Bertz CT molecular complexity index is 902. The average Bonchev–Trinajstić information content (AvgIpc) is 2.93. The summed E-state index contributed by atoms with van der Waals surface area (Å²) in [6.45, 7) is 5.95. The highest BCUT2D eigenvalue weighted by atomic mass is 35.5. The van der Waals surface area contributed by atoms with Crippen molar-refractivity contribution < 1.29 is 9.53 Å². The van der Waals surface area contributed by atoms with Gasteiger partial charge in [0.25, 0.3) is 0 Å². The van der Waals surface area contributed by atoms with Gasteiger partial charge in [-0.25, -0.2) is 9.48 Å². The maximum atomic E-state index is 12.4. The summed E-state index contributed by atoms with van der Waals surface area (Å²) in [5, 5.41) is 8.72. The molecule has 0 unspecified atom stereocenters. The fourth-order valence-electron chi connectivity index (χ4n) is 2.52. The first kappa shape index (κ1) is 16.5. The molecule has 24 heavy (non-hydrogen) atoms. The van der Waals surface area contributed by atoms with E-state index in [2.05, 4.69) is 10.3 Å². The van der Waals surface area contributed by atoms with E-state index >= 15 is 0 Å². The van der Waals surface area contributed by atoms with E-state index in [0.29, 0.717) is 10.8 Å². The first-order valence-corrected chi connectivity index (χ1v) is 8.12. The van der Waals surface area contributed by atoms with Gasteiger partial charge in [0.1, 0.15) is 17.8 Å². The summed E-state index contributed by atoms with van der Waals surface area (Å²) in [5.74, 6) is 0.341. The van der Waals surface area contributed by atoms with Crippen molar-refractivity contribution in [1.82, 2.24) is 15.0 Å². The molecule has 0 bridgehead atoms. The van der Waals surface area contributed by atoms with Gasteiger partial charge >= 0.3 is 5.97 Å². The Hall–Kier alpha value is -2.40. The fraction of sp³-hybridized carbons (Fsp3) is 0.278. The number of rotatable bonds is 4. The molecule has 0 aliphatic rings. The molecule has 0 aliphatic carbocycles. The largest absolute Gasteiger partial charge is 0.425 e. The molecule has 0 saturated carbocycles. The van der Waals surface area contributed by atoms with Crippen LogP contribution in [0, 0.1) is 6.92 Å². The van der Waals surface area contributed by atoms with Crippen molar-refractivity contribution in [3.05, 3.63) is 52.5 Å². The second kappa shape index (κ2) is 6.61. The molecule has 1 heterocycles. The molecule has 5 nitrogen and oxygen atoms in total. The zero-order valence-corrected chi connectivity index (χ0v) is 14.5. The normalized spacial score (nSPS) is 11.2. The van der Waals surface area contributed by atoms with Gasteiger partial charge in [0.2, 0.25) is 0 Å². The van der Waals surface area contributed by atoms with Gasteiger partial charge in [-0.2, -0.15) is 0 Å². The van der Waals surface area contributed by atoms with Gasteiger partial charge in [0, 0.05) is 5.02 Å². The second-order valence-electron chi connectivity index (χ2n) is 6.00. The quantitative estimate of drug-likeness (QED) is 0.528. The van der Waals surface area contributed by atoms with Gasteiger partial charge in [-0.3, -0.25) is 0 Å². The number of halogens is 1. The molecule has 3 aromatic rings. The summed E-state index contributed by atoms with van der Waals surface area (Å²) in [7, 11) is 0. The smallest absolute Gasteiger partial charge is 0.333 e. The third-order valence-electron chi connectivity index (χ3n) is 3.84. The van der Waals surface area contributed by atoms with Crippen LogP contribution in [0.4, 0.5) is 0 Å². The zero-order chi connectivity index (χ0) is 17.3. The van der Waals surface area contributed by atoms with Gasteiger partial charge in [0.05, 0.1) is 5.52 Å². The van der Waals surface area contributed by atoms with Crippen molar-refractivity contribution in [3.63, 3.8) is 0 Å². The third-order valence-corrected chi connectivity index (χ3v) is 4.24. The number of aromatic nitrogens is 3. The molecule has 2 aromatic carbocycles. The predicted molar refractivity (Wildman–Crippen MR) is 93.4 cm³/mol. The summed E-state index contributed by atoms with van der Waals surface area (Å²) < 4.78 is 7.12. The van der Waals surface area contributed by atoms with Crippen LogP contribution in [0.15, 0.2) is 36.4 Å². The standard InChI is InChI=1S/C18H18ClN3O2/c1-11(2)13-9-14(19)12(3)8-17(13)24-18(23)10-22-16-7-5-4-6-15(16)20-21-22/h4-9,11H,10H2,1-3H3. The lowest BCUT2D eigenvalue weighted by Crippen LogP contribution is -2.18. The number of para-hydroxylation sites is 1. The van der Waals surface area contributed by atoms with Crippen molar-refractivity contribution in [3.8, 4) is 5.75 Å². The minimum Gasteiger partial charge on any atom is -0.425 e. The first-order valence-electron chi connectivity index (χ1n) is 7.74. The molecule has 0 amide bonds. The fourth-order valence-corrected chi connectivity index (χ4v) is 2.69. The molecule has 0 spiro atoms. The summed E-state index contributed by atoms with van der Waals surface area (Å²) in [6, 6.07) is 11.1. The third kappa shape index (κ3) is 3.26. The highest BCUT2D eigenvalue weighted by Crippen LogP contribution is 2.32. The van der Waals surface area contributed by atoms with Crippen LogP contribution in [-0.2, 0) is 11.3 Å². The number of benzene rings is 2. The lowest BCUT2D eigenvalue weighted by atomic mass is 10.0. The molecule has 0 radical (unpaired) electrons. The molecular formula is C18H18ClN3O2. The Balaban J connectivity index is 1.84. The van der Waals surface area contributed by atoms with Gasteiger partial charge in [-0.15, -0.1) is 5.10 Å². The Morgan fingerprint density at radius 1 is 1.29 bits per heavy atom. The zero-order valence-electron chi connectivity index (χ0n) is 13.8. The number of nitrogens with zero attached hydrogens (tertiary/aromatic N) is 3. The lowest BCUT2D eigenvalue weighted by Gasteiger charge is -2.15. The lowest BCUT2D eigenvalue weighted by molar-refractivity contribution is -0.135. The van der Waals surface area contributed by atoms with Crippen LogP contribution in [-0.4, -0.2) is 21.0 Å². The molecule has 124 valence electrons. The van der Waals surface area contributed by atoms with Crippen LogP contribution in [0.1, 0.15) is 30.9 Å². The van der Waals surface area contributed by atoms with Gasteiger partial charge < -0.3 is 4.74 Å². The van der Waals surface area contributed by atoms with Gasteiger partial charge in [0.15, 0.2) is 0 Å². The summed E-state index contributed by atoms with van der Waals surface area (Å²) >= 11 is 6.18. The number of fused-ring (bicyclic) bond motifs is 1. The van der Waals surface area contributed by atoms with Crippen LogP contribution >= 0.6 is 11.6 Å². The van der Waals surface area contributed by atoms with Crippen LogP contribution < -0.4 is 4.74 Å².